The Morgan fingerprint density at radius 3 is 1.87 bits per heavy atom. The molecule has 0 aliphatic carbocycles. The Morgan fingerprint density at radius 1 is 1.00 bits per heavy atom. The molecular weight excluding hydrogens is 180 g/mol. The lowest BCUT2D eigenvalue weighted by atomic mass is 9.93. The highest BCUT2D eigenvalue weighted by Crippen LogP contribution is 2.24. The predicted molar refractivity (Wildman–Crippen MR) is 71.1 cm³/mol. The summed E-state index contributed by atoms with van der Waals surface area (Å²) in [5, 5.41) is 0. The minimum absolute atomic E-state index is 1.03. The van der Waals surface area contributed by atoms with E-state index in [1.54, 1.807) is 11.1 Å². The molecule has 0 aromatic heterocycles. The average Bonchev–Trinajstić information content (AvgIpc) is 2.27. The van der Waals surface area contributed by atoms with Crippen LogP contribution in [0.5, 0.6) is 0 Å². The van der Waals surface area contributed by atoms with E-state index in [0.717, 1.165) is 12.8 Å². The molecule has 0 saturated carbocycles. The van der Waals surface area contributed by atoms with Crippen molar-refractivity contribution in [2.45, 2.75) is 59.8 Å². The summed E-state index contributed by atoms with van der Waals surface area (Å²) in [4.78, 5) is 0. The summed E-state index contributed by atoms with van der Waals surface area (Å²) in [5.74, 6) is 0. The fourth-order valence-corrected chi connectivity index (χ4v) is 2.00. The van der Waals surface area contributed by atoms with Gasteiger partial charge in [0.05, 0.1) is 0 Å². The van der Waals surface area contributed by atoms with E-state index in [0.29, 0.717) is 0 Å². The van der Waals surface area contributed by atoms with Gasteiger partial charge >= 0.3 is 0 Å². The third-order valence-electron chi connectivity index (χ3n) is 3.04. The number of rotatable bonds is 7. The maximum absolute atomic E-state index is 3.81. The molecule has 0 radical (unpaired) electrons. The maximum Gasteiger partial charge on any atom is -0.0103 e. The molecule has 0 heteroatoms. The number of hydrogen-bond acceptors (Lipinski definition) is 0. The third-order valence-corrected chi connectivity index (χ3v) is 3.04. The first kappa shape index (κ1) is 14.2. The molecule has 0 heterocycles. The van der Waals surface area contributed by atoms with Crippen LogP contribution in [0.2, 0.25) is 0 Å². The molecule has 0 aliphatic heterocycles. The van der Waals surface area contributed by atoms with Crippen molar-refractivity contribution in [3.8, 4) is 0 Å². The molecule has 0 amide bonds. The molecule has 0 aromatic rings. The molecular formula is C15H26. The lowest BCUT2D eigenvalue weighted by molar-refractivity contribution is 0.862. The van der Waals surface area contributed by atoms with E-state index < -0.39 is 0 Å². The van der Waals surface area contributed by atoms with Gasteiger partial charge in [0.15, 0.2) is 0 Å². The average molecular weight is 206 g/mol. The first-order valence-electron chi connectivity index (χ1n) is 6.18. The zero-order chi connectivity index (χ0) is 11.7. The van der Waals surface area contributed by atoms with E-state index in [9.17, 15) is 0 Å². The zero-order valence-electron chi connectivity index (χ0n) is 10.9. The van der Waals surface area contributed by atoms with Crippen LogP contribution in [0, 0.1) is 0 Å². The van der Waals surface area contributed by atoms with Crippen LogP contribution in [0.15, 0.2) is 35.5 Å². The summed E-state index contributed by atoms with van der Waals surface area (Å²) in [6.45, 7) is 12.7. The van der Waals surface area contributed by atoms with Gasteiger partial charge in [-0.05, 0) is 39.0 Å². The van der Waals surface area contributed by atoms with E-state index in [2.05, 4.69) is 40.3 Å². The lowest BCUT2D eigenvalue weighted by Gasteiger charge is -2.13. The molecule has 0 saturated heterocycles. The van der Waals surface area contributed by atoms with Crippen LogP contribution in [0.25, 0.3) is 0 Å². The Bertz CT molecular complexity index is 235. The monoisotopic (exact) mass is 206 g/mol. The van der Waals surface area contributed by atoms with Crippen LogP contribution < -0.4 is 0 Å². The van der Waals surface area contributed by atoms with Crippen LogP contribution >= 0.6 is 0 Å². The van der Waals surface area contributed by atoms with E-state index in [-0.39, 0.29) is 0 Å². The predicted octanol–water partition coefficient (Wildman–Crippen LogP) is 5.43. The largest absolute Gasteiger partial charge is 0.103 e. The summed E-state index contributed by atoms with van der Waals surface area (Å²) in [6.07, 6.45) is 10.00. The Hall–Kier alpha value is -0.780. The fourth-order valence-electron chi connectivity index (χ4n) is 2.00. The van der Waals surface area contributed by atoms with Crippen molar-refractivity contribution in [1.29, 1.82) is 0 Å². The normalized spacial score (nSPS) is 11.3. The van der Waals surface area contributed by atoms with Gasteiger partial charge in [0.2, 0.25) is 0 Å². The summed E-state index contributed by atoms with van der Waals surface area (Å²) in [7, 11) is 0. The first-order valence-corrected chi connectivity index (χ1v) is 6.18. The van der Waals surface area contributed by atoms with E-state index in [1.807, 2.05) is 6.08 Å². The molecule has 0 N–H and O–H groups in total. The second kappa shape index (κ2) is 8.52. The second-order valence-corrected chi connectivity index (χ2v) is 3.88. The van der Waals surface area contributed by atoms with Crippen LogP contribution in [0.4, 0.5) is 0 Å². The Balaban J connectivity index is 4.69. The zero-order valence-corrected chi connectivity index (χ0v) is 10.9. The smallest absolute Gasteiger partial charge is 0.0103 e. The number of allylic oxidation sites excluding steroid dienone is 5. The maximum atomic E-state index is 3.81. The molecule has 0 unspecified atom stereocenters. The molecule has 0 atom stereocenters. The summed E-state index contributed by atoms with van der Waals surface area (Å²) in [6, 6.07) is 0. The quantitative estimate of drug-likeness (QED) is 0.487. The molecule has 0 spiro atoms. The SMILES string of the molecule is C=CC/C(=C/C)CC(CC)=C(CC)CC. The van der Waals surface area contributed by atoms with Crippen molar-refractivity contribution >= 4 is 0 Å². The van der Waals surface area contributed by atoms with E-state index >= 15 is 0 Å². The molecule has 86 valence electrons. The van der Waals surface area contributed by atoms with Crippen molar-refractivity contribution < 1.29 is 0 Å². The van der Waals surface area contributed by atoms with Gasteiger partial charge in [0.25, 0.3) is 0 Å². The molecule has 15 heavy (non-hydrogen) atoms. The Kier molecular flexibility index (Phi) is 8.08. The summed E-state index contributed by atoms with van der Waals surface area (Å²) < 4.78 is 0. The highest BCUT2D eigenvalue weighted by Gasteiger charge is 2.04. The Morgan fingerprint density at radius 2 is 1.53 bits per heavy atom. The molecule has 0 aromatic carbocycles. The lowest BCUT2D eigenvalue weighted by Crippen LogP contribution is -1.93. The molecule has 0 fully saturated rings. The molecule has 0 bridgehead atoms. The van der Waals surface area contributed by atoms with Gasteiger partial charge in [0, 0.05) is 0 Å². The van der Waals surface area contributed by atoms with Crippen molar-refractivity contribution in [2.75, 3.05) is 0 Å². The van der Waals surface area contributed by atoms with Gasteiger partial charge in [-0.15, -0.1) is 6.58 Å². The highest BCUT2D eigenvalue weighted by molar-refractivity contribution is 5.22. The van der Waals surface area contributed by atoms with Crippen LogP contribution in [0.3, 0.4) is 0 Å². The van der Waals surface area contributed by atoms with Gasteiger partial charge in [-0.3, -0.25) is 0 Å². The number of hydrogen-bond donors (Lipinski definition) is 0. The van der Waals surface area contributed by atoms with Crippen LogP contribution in [-0.2, 0) is 0 Å². The fraction of sp³-hybridized carbons (Fsp3) is 0.600. The second-order valence-electron chi connectivity index (χ2n) is 3.88. The topological polar surface area (TPSA) is 0 Å². The minimum atomic E-state index is 1.03. The summed E-state index contributed by atoms with van der Waals surface area (Å²) in [5.41, 5.74) is 4.78. The molecule has 0 aliphatic rings. The standard InChI is InChI=1S/C15H26/c1-6-11-13(7-2)12-15(10-5)14(8-3)9-4/h6-7H,1,8-12H2,2-5H3/b13-7-. The van der Waals surface area contributed by atoms with E-state index in [4.69, 9.17) is 0 Å². The van der Waals surface area contributed by atoms with Crippen molar-refractivity contribution in [2.24, 2.45) is 0 Å². The van der Waals surface area contributed by atoms with E-state index in [1.165, 1.54) is 24.8 Å². The van der Waals surface area contributed by atoms with Crippen molar-refractivity contribution in [1.82, 2.24) is 0 Å². The summed E-state index contributed by atoms with van der Waals surface area (Å²) >= 11 is 0. The van der Waals surface area contributed by atoms with Crippen LogP contribution in [-0.4, -0.2) is 0 Å². The minimum Gasteiger partial charge on any atom is -0.103 e. The molecule has 0 nitrogen and oxygen atoms in total. The highest BCUT2D eigenvalue weighted by atomic mass is 14.1. The van der Waals surface area contributed by atoms with Gasteiger partial charge in [0.1, 0.15) is 0 Å². The first-order chi connectivity index (χ1) is 7.23. The van der Waals surface area contributed by atoms with Gasteiger partial charge < -0.3 is 0 Å². The Labute approximate surface area is 95.8 Å². The third kappa shape index (κ3) is 5.01. The molecule has 0 rings (SSSR count). The van der Waals surface area contributed by atoms with Crippen molar-refractivity contribution in [3.05, 3.63) is 35.5 Å². The van der Waals surface area contributed by atoms with Gasteiger partial charge in [-0.25, -0.2) is 0 Å². The van der Waals surface area contributed by atoms with Gasteiger partial charge in [-0.2, -0.15) is 0 Å². The van der Waals surface area contributed by atoms with Gasteiger partial charge in [-0.1, -0.05) is 49.6 Å². The van der Waals surface area contributed by atoms with Crippen LogP contribution in [0.1, 0.15) is 59.8 Å². The van der Waals surface area contributed by atoms with Crippen molar-refractivity contribution in [3.63, 3.8) is 0 Å².